The van der Waals surface area contributed by atoms with Crippen molar-refractivity contribution in [3.8, 4) is 11.5 Å². The van der Waals surface area contributed by atoms with E-state index in [0.29, 0.717) is 0 Å². The van der Waals surface area contributed by atoms with Gasteiger partial charge in [-0.1, -0.05) is 24.3 Å². The van der Waals surface area contributed by atoms with Crippen LogP contribution in [0.5, 0.6) is 11.5 Å². The average Bonchev–Trinajstić information content (AvgIpc) is 2.36. The van der Waals surface area contributed by atoms with Gasteiger partial charge >= 0.3 is 0 Å². The van der Waals surface area contributed by atoms with Crippen LogP contribution in [-0.2, 0) is 0 Å². The van der Waals surface area contributed by atoms with Gasteiger partial charge in [-0.3, -0.25) is 0 Å². The number of thioether (sulfide) groups is 1. The van der Waals surface area contributed by atoms with Crippen LogP contribution in [0.3, 0.4) is 0 Å². The molecular formula is C13H14O2S. The summed E-state index contributed by atoms with van der Waals surface area (Å²) in [6, 6.07) is 10.2. The highest BCUT2D eigenvalue weighted by atomic mass is 32.2. The van der Waals surface area contributed by atoms with Crippen LogP contribution in [0, 0.1) is 0 Å². The zero-order chi connectivity index (χ0) is 11.5. The SMILES string of the molecule is COc1cc(SC)c2ccccc2c1OC. The molecule has 0 aromatic heterocycles. The van der Waals surface area contributed by atoms with Crippen LogP contribution in [0.1, 0.15) is 0 Å². The van der Waals surface area contributed by atoms with Crippen LogP contribution in [0.4, 0.5) is 0 Å². The van der Waals surface area contributed by atoms with E-state index in [0.717, 1.165) is 16.9 Å². The Morgan fingerprint density at radius 3 is 2.25 bits per heavy atom. The minimum atomic E-state index is 0.783. The molecule has 0 radical (unpaired) electrons. The quantitative estimate of drug-likeness (QED) is 0.756. The maximum atomic E-state index is 5.41. The van der Waals surface area contributed by atoms with Crippen LogP contribution in [0.15, 0.2) is 35.2 Å². The molecule has 0 saturated carbocycles. The van der Waals surface area contributed by atoms with Gasteiger partial charge < -0.3 is 9.47 Å². The summed E-state index contributed by atoms with van der Waals surface area (Å²) >= 11 is 1.71. The summed E-state index contributed by atoms with van der Waals surface area (Å²) < 4.78 is 10.8. The van der Waals surface area contributed by atoms with E-state index < -0.39 is 0 Å². The van der Waals surface area contributed by atoms with Gasteiger partial charge in [-0.15, -0.1) is 11.8 Å². The lowest BCUT2D eigenvalue weighted by Crippen LogP contribution is -1.92. The van der Waals surface area contributed by atoms with E-state index in [1.165, 1.54) is 10.3 Å². The van der Waals surface area contributed by atoms with Gasteiger partial charge in [0.2, 0.25) is 0 Å². The monoisotopic (exact) mass is 234 g/mol. The van der Waals surface area contributed by atoms with Gasteiger partial charge in [0.05, 0.1) is 14.2 Å². The summed E-state index contributed by atoms with van der Waals surface area (Å²) in [5.41, 5.74) is 0. The predicted octanol–water partition coefficient (Wildman–Crippen LogP) is 3.58. The molecule has 0 N–H and O–H groups in total. The highest BCUT2D eigenvalue weighted by molar-refractivity contribution is 7.98. The van der Waals surface area contributed by atoms with Gasteiger partial charge in [0.1, 0.15) is 0 Å². The lowest BCUT2D eigenvalue weighted by atomic mass is 10.1. The molecule has 0 amide bonds. The molecule has 2 aromatic rings. The number of methoxy groups -OCH3 is 2. The molecule has 2 rings (SSSR count). The number of ether oxygens (including phenoxy) is 2. The van der Waals surface area contributed by atoms with Crippen molar-refractivity contribution in [2.24, 2.45) is 0 Å². The molecule has 3 heteroatoms. The number of hydrogen-bond donors (Lipinski definition) is 0. The number of hydrogen-bond acceptors (Lipinski definition) is 3. The number of rotatable bonds is 3. The fourth-order valence-electron chi connectivity index (χ4n) is 1.82. The van der Waals surface area contributed by atoms with Crippen LogP contribution >= 0.6 is 11.8 Å². The van der Waals surface area contributed by atoms with Crippen molar-refractivity contribution in [3.63, 3.8) is 0 Å². The second-order valence-electron chi connectivity index (χ2n) is 3.36. The van der Waals surface area contributed by atoms with Gasteiger partial charge in [-0.05, 0) is 17.7 Å². The van der Waals surface area contributed by atoms with Crippen LogP contribution < -0.4 is 9.47 Å². The molecule has 0 aliphatic carbocycles. The van der Waals surface area contributed by atoms with Gasteiger partial charge in [0, 0.05) is 10.3 Å². The molecule has 16 heavy (non-hydrogen) atoms. The second-order valence-corrected chi connectivity index (χ2v) is 4.21. The van der Waals surface area contributed by atoms with E-state index in [9.17, 15) is 0 Å². The Bertz CT molecular complexity index is 509. The Morgan fingerprint density at radius 2 is 1.69 bits per heavy atom. The summed E-state index contributed by atoms with van der Waals surface area (Å²) in [5, 5.41) is 2.29. The highest BCUT2D eigenvalue weighted by Gasteiger charge is 2.12. The zero-order valence-corrected chi connectivity index (χ0v) is 10.4. The van der Waals surface area contributed by atoms with Crippen molar-refractivity contribution >= 4 is 22.5 Å². The van der Waals surface area contributed by atoms with Crippen LogP contribution in [0.2, 0.25) is 0 Å². The van der Waals surface area contributed by atoms with E-state index >= 15 is 0 Å². The Labute approximate surface area is 99.6 Å². The molecule has 84 valence electrons. The van der Waals surface area contributed by atoms with E-state index in [-0.39, 0.29) is 0 Å². The third-order valence-corrected chi connectivity index (χ3v) is 3.34. The first-order valence-electron chi connectivity index (χ1n) is 4.99. The van der Waals surface area contributed by atoms with Gasteiger partial charge in [0.25, 0.3) is 0 Å². The number of benzene rings is 2. The molecule has 0 aliphatic heterocycles. The molecule has 0 bridgehead atoms. The Hall–Kier alpha value is -1.35. The molecule has 0 fully saturated rings. The third kappa shape index (κ3) is 1.71. The van der Waals surface area contributed by atoms with Gasteiger partial charge in [0.15, 0.2) is 11.5 Å². The van der Waals surface area contributed by atoms with E-state index in [1.54, 1.807) is 26.0 Å². The predicted molar refractivity (Wildman–Crippen MR) is 68.8 cm³/mol. The standard InChI is InChI=1S/C13H14O2S/c1-14-11-8-12(16-3)9-6-4-5-7-10(9)13(11)15-2/h4-8H,1-3H3. The third-order valence-electron chi connectivity index (χ3n) is 2.57. The Kier molecular flexibility index (Phi) is 3.25. The smallest absolute Gasteiger partial charge is 0.168 e. The zero-order valence-electron chi connectivity index (χ0n) is 9.61. The van der Waals surface area contributed by atoms with Gasteiger partial charge in [-0.25, -0.2) is 0 Å². The summed E-state index contributed by atoms with van der Waals surface area (Å²) in [4.78, 5) is 1.20. The van der Waals surface area contributed by atoms with Crippen molar-refractivity contribution in [2.75, 3.05) is 20.5 Å². The second kappa shape index (κ2) is 4.66. The first-order chi connectivity index (χ1) is 7.81. The van der Waals surface area contributed by atoms with E-state index in [2.05, 4.69) is 18.4 Å². The normalized spacial score (nSPS) is 10.4. The molecule has 0 aliphatic rings. The highest BCUT2D eigenvalue weighted by Crippen LogP contribution is 2.40. The van der Waals surface area contributed by atoms with Crippen molar-refractivity contribution in [1.82, 2.24) is 0 Å². The summed E-state index contributed by atoms with van der Waals surface area (Å²) in [7, 11) is 3.33. The molecule has 0 saturated heterocycles. The Morgan fingerprint density at radius 1 is 1.00 bits per heavy atom. The minimum absolute atomic E-state index is 0.783. The largest absolute Gasteiger partial charge is 0.493 e. The molecule has 0 atom stereocenters. The van der Waals surface area contributed by atoms with Gasteiger partial charge in [-0.2, -0.15) is 0 Å². The molecule has 0 unspecified atom stereocenters. The van der Waals surface area contributed by atoms with Crippen LogP contribution in [-0.4, -0.2) is 20.5 Å². The molecule has 2 aromatic carbocycles. The van der Waals surface area contributed by atoms with Crippen molar-refractivity contribution in [2.45, 2.75) is 4.90 Å². The van der Waals surface area contributed by atoms with Crippen molar-refractivity contribution in [1.29, 1.82) is 0 Å². The maximum Gasteiger partial charge on any atom is 0.168 e. The fourth-order valence-corrected chi connectivity index (χ4v) is 2.44. The van der Waals surface area contributed by atoms with Crippen LogP contribution in [0.25, 0.3) is 10.8 Å². The van der Waals surface area contributed by atoms with Crippen molar-refractivity contribution < 1.29 is 9.47 Å². The average molecular weight is 234 g/mol. The summed E-state index contributed by atoms with van der Waals surface area (Å²) in [6.07, 6.45) is 2.06. The molecule has 0 spiro atoms. The Balaban J connectivity index is 2.83. The minimum Gasteiger partial charge on any atom is -0.493 e. The molecule has 2 nitrogen and oxygen atoms in total. The summed E-state index contributed by atoms with van der Waals surface area (Å²) in [5.74, 6) is 1.58. The lowest BCUT2D eigenvalue weighted by Gasteiger charge is -2.13. The lowest BCUT2D eigenvalue weighted by molar-refractivity contribution is 0.358. The number of fused-ring (bicyclic) bond motifs is 1. The maximum absolute atomic E-state index is 5.41. The summed E-state index contributed by atoms with van der Waals surface area (Å²) in [6.45, 7) is 0. The molecular weight excluding hydrogens is 220 g/mol. The van der Waals surface area contributed by atoms with Crippen molar-refractivity contribution in [3.05, 3.63) is 30.3 Å². The molecule has 0 heterocycles. The van der Waals surface area contributed by atoms with E-state index in [1.807, 2.05) is 18.2 Å². The first-order valence-corrected chi connectivity index (χ1v) is 6.22. The topological polar surface area (TPSA) is 18.5 Å². The fraction of sp³-hybridized carbons (Fsp3) is 0.231. The first kappa shape index (κ1) is 11.1. The van der Waals surface area contributed by atoms with E-state index in [4.69, 9.17) is 9.47 Å².